The number of hydrogen-bond acceptors (Lipinski definition) is 6. The standard InChI is InChI=1S/C25H35FN2O4S/c1-3-4-12-33-13-11-28-10-9-17(20(16-28)25(30)31)5-8-23(29)24-19-14-18(32-2)6-7-22(19)27-15-21(24)26/h6-7,14-15,17,20,23,29H,3-5,8-13,16H2,1-2H3,(H,30,31)/t17-,20+,23-/m0/s1. The summed E-state index contributed by atoms with van der Waals surface area (Å²) in [6.07, 6.45) is 4.11. The van der Waals surface area contributed by atoms with Crippen LogP contribution in [0.5, 0.6) is 5.75 Å². The summed E-state index contributed by atoms with van der Waals surface area (Å²) in [6.45, 7) is 4.49. The molecule has 0 aliphatic carbocycles. The number of carboxylic acid groups (broad SMARTS) is 1. The average Bonchev–Trinajstić information content (AvgIpc) is 2.82. The number of fused-ring (bicyclic) bond motifs is 1. The van der Waals surface area contributed by atoms with Crippen molar-refractivity contribution in [1.29, 1.82) is 0 Å². The molecule has 0 spiro atoms. The summed E-state index contributed by atoms with van der Waals surface area (Å²) >= 11 is 1.93. The van der Waals surface area contributed by atoms with Crippen LogP contribution in [-0.4, -0.2) is 64.3 Å². The van der Waals surface area contributed by atoms with Crippen molar-refractivity contribution in [3.05, 3.63) is 35.8 Å². The zero-order valence-electron chi connectivity index (χ0n) is 19.5. The van der Waals surface area contributed by atoms with Crippen molar-refractivity contribution in [3.8, 4) is 5.75 Å². The molecule has 1 aliphatic rings. The molecule has 0 bridgehead atoms. The fourth-order valence-corrected chi connectivity index (χ4v) is 5.67. The van der Waals surface area contributed by atoms with Crippen LogP contribution in [0.2, 0.25) is 0 Å². The Morgan fingerprint density at radius 3 is 2.94 bits per heavy atom. The number of piperidine rings is 1. The lowest BCUT2D eigenvalue weighted by atomic mass is 9.81. The van der Waals surface area contributed by atoms with E-state index in [0.29, 0.717) is 36.0 Å². The van der Waals surface area contributed by atoms with E-state index in [2.05, 4.69) is 16.8 Å². The van der Waals surface area contributed by atoms with Crippen molar-refractivity contribution in [2.24, 2.45) is 11.8 Å². The van der Waals surface area contributed by atoms with Crippen LogP contribution in [0.1, 0.15) is 50.7 Å². The summed E-state index contributed by atoms with van der Waals surface area (Å²) in [5.41, 5.74) is 0.784. The minimum Gasteiger partial charge on any atom is -0.497 e. The number of carboxylic acids is 1. The van der Waals surface area contributed by atoms with E-state index in [9.17, 15) is 19.4 Å². The van der Waals surface area contributed by atoms with Gasteiger partial charge in [0.15, 0.2) is 0 Å². The van der Waals surface area contributed by atoms with Crippen LogP contribution in [0.4, 0.5) is 4.39 Å². The molecule has 1 saturated heterocycles. The maximum Gasteiger partial charge on any atom is 0.308 e. The van der Waals surface area contributed by atoms with Crippen molar-refractivity contribution in [2.75, 3.05) is 38.2 Å². The summed E-state index contributed by atoms with van der Waals surface area (Å²) in [5, 5.41) is 21.2. The normalized spacial score (nSPS) is 20.1. The Balaban J connectivity index is 1.62. The average molecular weight is 479 g/mol. The van der Waals surface area contributed by atoms with Crippen LogP contribution in [0.25, 0.3) is 10.9 Å². The third-order valence-electron chi connectivity index (χ3n) is 6.56. The molecule has 2 heterocycles. The van der Waals surface area contributed by atoms with Crippen molar-refractivity contribution in [3.63, 3.8) is 0 Å². The van der Waals surface area contributed by atoms with Gasteiger partial charge in [0.05, 0.1) is 30.8 Å². The fourth-order valence-electron chi connectivity index (χ4n) is 4.59. The number of nitrogens with zero attached hydrogens (tertiary/aromatic N) is 2. The summed E-state index contributed by atoms with van der Waals surface area (Å²) in [5.74, 6) is 0.885. The molecule has 1 aromatic carbocycles. The van der Waals surface area contributed by atoms with Crippen LogP contribution in [0.15, 0.2) is 24.4 Å². The third-order valence-corrected chi connectivity index (χ3v) is 7.61. The number of halogens is 1. The number of aliphatic hydroxyl groups is 1. The molecular weight excluding hydrogens is 443 g/mol. The Morgan fingerprint density at radius 1 is 1.39 bits per heavy atom. The second kappa shape index (κ2) is 12.5. The molecule has 182 valence electrons. The van der Waals surface area contributed by atoms with Crippen LogP contribution in [-0.2, 0) is 4.79 Å². The summed E-state index contributed by atoms with van der Waals surface area (Å²) < 4.78 is 19.9. The Labute approximate surface area is 199 Å². The fraction of sp³-hybridized carbons (Fsp3) is 0.600. The highest BCUT2D eigenvalue weighted by atomic mass is 32.2. The SMILES string of the molecule is CCCCSCCN1CC[C@H](CC[C@H](O)c2c(F)cnc3ccc(OC)cc23)[C@H](C(=O)O)C1. The second-order valence-corrected chi connectivity index (χ2v) is 9.98. The largest absolute Gasteiger partial charge is 0.497 e. The van der Waals surface area contributed by atoms with Crippen LogP contribution in [0, 0.1) is 17.7 Å². The van der Waals surface area contributed by atoms with Gasteiger partial charge in [0.1, 0.15) is 11.6 Å². The molecule has 33 heavy (non-hydrogen) atoms. The zero-order chi connectivity index (χ0) is 23.8. The molecule has 1 aliphatic heterocycles. The van der Waals surface area contributed by atoms with Gasteiger partial charge in [-0.2, -0.15) is 11.8 Å². The molecule has 0 radical (unpaired) electrons. The summed E-state index contributed by atoms with van der Waals surface area (Å²) in [6, 6.07) is 5.17. The van der Waals surface area contributed by atoms with Crippen molar-refractivity contribution < 1.29 is 24.1 Å². The topological polar surface area (TPSA) is 82.9 Å². The van der Waals surface area contributed by atoms with Crippen LogP contribution >= 0.6 is 11.8 Å². The van der Waals surface area contributed by atoms with Gasteiger partial charge < -0.3 is 19.8 Å². The molecule has 0 amide bonds. The quantitative estimate of drug-likeness (QED) is 0.426. The second-order valence-electron chi connectivity index (χ2n) is 8.76. The lowest BCUT2D eigenvalue weighted by Gasteiger charge is -2.37. The van der Waals surface area contributed by atoms with Gasteiger partial charge in [0, 0.05) is 29.8 Å². The molecule has 3 rings (SSSR count). The van der Waals surface area contributed by atoms with Gasteiger partial charge in [0.2, 0.25) is 0 Å². The maximum atomic E-state index is 14.7. The predicted octanol–water partition coefficient (Wildman–Crippen LogP) is 4.75. The Kier molecular flexibility index (Phi) is 9.77. The number of methoxy groups -OCH3 is 1. The van der Waals surface area contributed by atoms with E-state index in [-0.39, 0.29) is 11.5 Å². The number of aliphatic carboxylic acids is 1. The van der Waals surface area contributed by atoms with Gasteiger partial charge in [-0.05, 0) is 62.1 Å². The lowest BCUT2D eigenvalue weighted by Crippen LogP contribution is -2.44. The van der Waals surface area contributed by atoms with E-state index >= 15 is 0 Å². The van der Waals surface area contributed by atoms with Crippen molar-refractivity contribution in [1.82, 2.24) is 9.88 Å². The number of unbranched alkanes of at least 4 members (excludes halogenated alkanes) is 1. The molecule has 1 fully saturated rings. The molecule has 1 aromatic heterocycles. The van der Waals surface area contributed by atoms with Crippen molar-refractivity contribution in [2.45, 2.75) is 45.1 Å². The lowest BCUT2D eigenvalue weighted by molar-refractivity contribution is -0.146. The first-order valence-corrected chi connectivity index (χ1v) is 12.9. The molecule has 0 saturated carbocycles. The molecule has 0 unspecified atom stereocenters. The number of aliphatic hydroxyl groups excluding tert-OH is 1. The Morgan fingerprint density at radius 2 is 2.21 bits per heavy atom. The third kappa shape index (κ3) is 6.80. The highest BCUT2D eigenvalue weighted by Gasteiger charge is 2.34. The number of likely N-dealkylation sites (tertiary alicyclic amines) is 1. The zero-order valence-corrected chi connectivity index (χ0v) is 20.3. The number of benzene rings is 1. The predicted molar refractivity (Wildman–Crippen MR) is 130 cm³/mol. The van der Waals surface area contributed by atoms with Gasteiger partial charge in [-0.25, -0.2) is 4.39 Å². The summed E-state index contributed by atoms with van der Waals surface area (Å²) in [4.78, 5) is 18.3. The number of thioether (sulfide) groups is 1. The monoisotopic (exact) mass is 478 g/mol. The number of rotatable bonds is 12. The molecule has 8 heteroatoms. The molecule has 2 aromatic rings. The first-order valence-electron chi connectivity index (χ1n) is 11.8. The Bertz CT molecular complexity index is 929. The Hall–Kier alpha value is -1.90. The highest BCUT2D eigenvalue weighted by molar-refractivity contribution is 7.99. The van der Waals surface area contributed by atoms with E-state index in [0.717, 1.165) is 37.2 Å². The van der Waals surface area contributed by atoms with Crippen LogP contribution in [0.3, 0.4) is 0 Å². The van der Waals surface area contributed by atoms with Crippen molar-refractivity contribution >= 4 is 28.6 Å². The first kappa shape index (κ1) is 25.7. The van der Waals surface area contributed by atoms with E-state index < -0.39 is 23.8 Å². The number of pyridine rings is 1. The van der Waals surface area contributed by atoms with E-state index in [1.54, 1.807) is 18.2 Å². The molecule has 3 atom stereocenters. The summed E-state index contributed by atoms with van der Waals surface area (Å²) in [7, 11) is 1.53. The van der Waals surface area contributed by atoms with Gasteiger partial charge in [0.25, 0.3) is 0 Å². The molecule has 6 nitrogen and oxygen atoms in total. The molecular formula is C25H35FN2O4S. The first-order chi connectivity index (χ1) is 15.9. The van der Waals surface area contributed by atoms with Gasteiger partial charge in [-0.3, -0.25) is 9.78 Å². The van der Waals surface area contributed by atoms with E-state index in [1.165, 1.54) is 20.0 Å². The maximum absolute atomic E-state index is 14.7. The van der Waals surface area contributed by atoms with Gasteiger partial charge in [-0.15, -0.1) is 0 Å². The van der Waals surface area contributed by atoms with Gasteiger partial charge >= 0.3 is 5.97 Å². The minimum atomic E-state index is -1.04. The number of hydrogen-bond donors (Lipinski definition) is 2. The molecule has 2 N–H and O–H groups in total. The van der Waals surface area contributed by atoms with E-state index in [1.807, 2.05) is 11.8 Å². The number of aromatic nitrogens is 1. The van der Waals surface area contributed by atoms with Crippen LogP contribution < -0.4 is 4.74 Å². The minimum absolute atomic E-state index is 0.0353. The van der Waals surface area contributed by atoms with Gasteiger partial charge in [-0.1, -0.05) is 13.3 Å². The number of ether oxygens (including phenoxy) is 1. The smallest absolute Gasteiger partial charge is 0.308 e. The highest BCUT2D eigenvalue weighted by Crippen LogP contribution is 2.35. The number of carbonyl (C=O) groups is 1. The van der Waals surface area contributed by atoms with E-state index in [4.69, 9.17) is 4.74 Å².